The minimum Gasteiger partial charge on any atom is -0.495 e. The van der Waals surface area contributed by atoms with Gasteiger partial charge in [0.2, 0.25) is 11.8 Å². The maximum atomic E-state index is 13.3. The number of nitro benzene ring substituents is 1. The Kier molecular flexibility index (Phi) is 7.67. The molecule has 0 spiro atoms. The molecule has 2 aromatic rings. The second kappa shape index (κ2) is 10.9. The van der Waals surface area contributed by atoms with Crippen LogP contribution in [0.1, 0.15) is 24.8 Å². The molecule has 2 aliphatic rings. The number of thioether (sulfide) groups is 1. The van der Waals surface area contributed by atoms with E-state index in [0.29, 0.717) is 18.3 Å². The first kappa shape index (κ1) is 24.7. The van der Waals surface area contributed by atoms with Gasteiger partial charge in [-0.3, -0.25) is 24.6 Å². The minimum absolute atomic E-state index is 0.0664. The number of amides is 2. The smallest absolute Gasteiger partial charge is 0.271 e. The lowest BCUT2D eigenvalue weighted by Gasteiger charge is -2.20. The topological polar surface area (TPSA) is 123 Å². The Morgan fingerprint density at radius 3 is 2.83 bits per heavy atom. The molecule has 35 heavy (non-hydrogen) atoms. The SMILES string of the molecule is COc1ccc([N+](=O)[O-])cc1NC(=O)CC1SC(=Nc2ccccc2C)N(CC2CCCO2)C1=O. The molecule has 0 radical (unpaired) electrons. The number of nitro groups is 1. The molecule has 184 valence electrons. The third-order valence-electron chi connectivity index (χ3n) is 5.80. The van der Waals surface area contributed by atoms with E-state index < -0.39 is 16.1 Å². The summed E-state index contributed by atoms with van der Waals surface area (Å²) in [5.41, 5.74) is 1.73. The van der Waals surface area contributed by atoms with Crippen molar-refractivity contribution in [3.05, 3.63) is 58.1 Å². The molecule has 4 rings (SSSR count). The van der Waals surface area contributed by atoms with Crippen molar-refractivity contribution in [2.75, 3.05) is 25.6 Å². The molecule has 0 saturated carbocycles. The number of nitrogens with zero attached hydrogens (tertiary/aromatic N) is 3. The number of benzene rings is 2. The number of hydrogen-bond donors (Lipinski definition) is 1. The fraction of sp³-hybridized carbons (Fsp3) is 0.375. The number of amidine groups is 1. The lowest BCUT2D eigenvalue weighted by molar-refractivity contribution is -0.384. The monoisotopic (exact) mass is 498 g/mol. The van der Waals surface area contributed by atoms with Crippen LogP contribution in [0.4, 0.5) is 17.1 Å². The Labute approximate surface area is 206 Å². The van der Waals surface area contributed by atoms with Crippen molar-refractivity contribution in [1.82, 2.24) is 4.90 Å². The molecular formula is C24H26N4O6S. The highest BCUT2D eigenvalue weighted by molar-refractivity contribution is 8.15. The summed E-state index contributed by atoms with van der Waals surface area (Å²) in [4.78, 5) is 43.1. The average Bonchev–Trinajstić information content (AvgIpc) is 3.45. The molecule has 0 bridgehead atoms. The number of methoxy groups -OCH3 is 1. The van der Waals surface area contributed by atoms with Gasteiger partial charge in [-0.15, -0.1) is 0 Å². The highest BCUT2D eigenvalue weighted by Crippen LogP contribution is 2.34. The molecule has 0 aromatic heterocycles. The standard InChI is InChI=1S/C24H26N4O6S/c1-15-6-3-4-8-18(15)26-24-27(14-17-7-5-11-34-17)23(30)21(35-24)13-22(29)25-19-12-16(28(31)32)9-10-20(19)33-2/h3-4,6,8-10,12,17,21H,5,7,11,13-14H2,1-2H3,(H,25,29). The van der Waals surface area contributed by atoms with Crippen LogP contribution in [0.2, 0.25) is 0 Å². The Morgan fingerprint density at radius 2 is 2.14 bits per heavy atom. The van der Waals surface area contributed by atoms with E-state index in [-0.39, 0.29) is 35.6 Å². The van der Waals surface area contributed by atoms with E-state index in [1.165, 1.54) is 37.1 Å². The van der Waals surface area contributed by atoms with Crippen LogP contribution >= 0.6 is 11.8 Å². The van der Waals surface area contributed by atoms with Crippen LogP contribution in [0.15, 0.2) is 47.5 Å². The molecule has 2 heterocycles. The van der Waals surface area contributed by atoms with Gasteiger partial charge in [0, 0.05) is 25.2 Å². The van der Waals surface area contributed by atoms with Crippen LogP contribution in [0.25, 0.3) is 0 Å². The lowest BCUT2D eigenvalue weighted by atomic mass is 10.2. The molecule has 2 saturated heterocycles. The maximum Gasteiger partial charge on any atom is 0.271 e. The zero-order valence-electron chi connectivity index (χ0n) is 19.4. The molecule has 11 heteroatoms. The molecule has 1 N–H and O–H groups in total. The van der Waals surface area contributed by atoms with Gasteiger partial charge in [0.1, 0.15) is 11.0 Å². The molecule has 2 aliphatic heterocycles. The van der Waals surface area contributed by atoms with Crippen molar-refractivity contribution in [2.45, 2.75) is 37.5 Å². The number of aryl methyl sites for hydroxylation is 1. The van der Waals surface area contributed by atoms with E-state index in [1.54, 1.807) is 4.90 Å². The molecular weight excluding hydrogens is 472 g/mol. The average molecular weight is 499 g/mol. The highest BCUT2D eigenvalue weighted by Gasteiger charge is 2.40. The van der Waals surface area contributed by atoms with E-state index in [9.17, 15) is 19.7 Å². The third kappa shape index (κ3) is 5.80. The Hall–Kier alpha value is -3.44. The van der Waals surface area contributed by atoms with Gasteiger partial charge in [-0.2, -0.15) is 0 Å². The van der Waals surface area contributed by atoms with Crippen molar-refractivity contribution < 1.29 is 24.0 Å². The normalized spacial score (nSPS) is 20.9. The lowest BCUT2D eigenvalue weighted by Crippen LogP contribution is -2.38. The van der Waals surface area contributed by atoms with Crippen LogP contribution in [-0.2, 0) is 14.3 Å². The quantitative estimate of drug-likeness (QED) is 0.430. The molecule has 10 nitrogen and oxygen atoms in total. The van der Waals surface area contributed by atoms with E-state index in [0.717, 1.165) is 24.1 Å². The Morgan fingerprint density at radius 1 is 1.34 bits per heavy atom. The summed E-state index contributed by atoms with van der Waals surface area (Å²) in [7, 11) is 1.41. The van der Waals surface area contributed by atoms with E-state index in [2.05, 4.69) is 5.32 Å². The molecule has 2 unspecified atom stereocenters. The second-order valence-corrected chi connectivity index (χ2v) is 9.44. The molecule has 2 aromatic carbocycles. The highest BCUT2D eigenvalue weighted by atomic mass is 32.2. The van der Waals surface area contributed by atoms with Crippen molar-refractivity contribution in [3.63, 3.8) is 0 Å². The first-order chi connectivity index (χ1) is 16.9. The van der Waals surface area contributed by atoms with Gasteiger partial charge in [0.15, 0.2) is 5.17 Å². The van der Waals surface area contributed by atoms with Gasteiger partial charge >= 0.3 is 0 Å². The zero-order valence-corrected chi connectivity index (χ0v) is 20.2. The van der Waals surface area contributed by atoms with Crippen molar-refractivity contribution in [2.24, 2.45) is 4.99 Å². The number of carbonyl (C=O) groups is 2. The number of para-hydroxylation sites is 1. The van der Waals surface area contributed by atoms with Crippen LogP contribution < -0.4 is 10.1 Å². The van der Waals surface area contributed by atoms with Crippen molar-refractivity contribution in [1.29, 1.82) is 0 Å². The number of anilines is 1. The largest absolute Gasteiger partial charge is 0.495 e. The van der Waals surface area contributed by atoms with E-state index in [4.69, 9.17) is 14.5 Å². The summed E-state index contributed by atoms with van der Waals surface area (Å²) >= 11 is 1.24. The number of hydrogen-bond acceptors (Lipinski definition) is 8. The van der Waals surface area contributed by atoms with Crippen LogP contribution in [0.5, 0.6) is 5.75 Å². The number of non-ortho nitro benzene ring substituents is 1. The fourth-order valence-corrected chi connectivity index (χ4v) is 5.11. The predicted molar refractivity (Wildman–Crippen MR) is 133 cm³/mol. The second-order valence-electron chi connectivity index (χ2n) is 8.27. The zero-order chi connectivity index (χ0) is 24.9. The van der Waals surface area contributed by atoms with Crippen molar-refractivity contribution in [3.8, 4) is 5.75 Å². The number of aliphatic imine (C=N–C) groups is 1. The Balaban J connectivity index is 1.53. The van der Waals surface area contributed by atoms with Crippen LogP contribution in [0.3, 0.4) is 0 Å². The van der Waals surface area contributed by atoms with Crippen LogP contribution in [0, 0.1) is 17.0 Å². The van der Waals surface area contributed by atoms with E-state index >= 15 is 0 Å². The Bertz CT molecular complexity index is 1160. The maximum absolute atomic E-state index is 13.3. The number of nitrogens with one attached hydrogen (secondary N) is 1. The predicted octanol–water partition coefficient (Wildman–Crippen LogP) is 4.05. The first-order valence-electron chi connectivity index (χ1n) is 11.2. The third-order valence-corrected chi connectivity index (χ3v) is 6.98. The first-order valence-corrected chi connectivity index (χ1v) is 12.1. The van der Waals surface area contributed by atoms with Gasteiger partial charge in [0.25, 0.3) is 5.69 Å². The van der Waals surface area contributed by atoms with Crippen LogP contribution in [-0.4, -0.2) is 58.4 Å². The van der Waals surface area contributed by atoms with Gasteiger partial charge in [-0.05, 0) is 37.5 Å². The molecule has 2 fully saturated rings. The summed E-state index contributed by atoms with van der Waals surface area (Å²) in [6.07, 6.45) is 1.62. The number of rotatable bonds is 8. The van der Waals surface area contributed by atoms with Crippen molar-refractivity contribution >= 4 is 45.8 Å². The summed E-state index contributed by atoms with van der Waals surface area (Å²) < 4.78 is 10.9. The molecule has 2 atom stereocenters. The minimum atomic E-state index is -0.677. The summed E-state index contributed by atoms with van der Waals surface area (Å²) in [6.45, 7) is 3.00. The number of ether oxygens (including phenoxy) is 2. The van der Waals surface area contributed by atoms with Gasteiger partial charge in [-0.1, -0.05) is 30.0 Å². The molecule has 0 aliphatic carbocycles. The fourth-order valence-electron chi connectivity index (χ4n) is 3.95. The summed E-state index contributed by atoms with van der Waals surface area (Å²) in [5, 5.41) is 13.6. The van der Waals surface area contributed by atoms with Gasteiger partial charge < -0.3 is 14.8 Å². The summed E-state index contributed by atoms with van der Waals surface area (Å²) in [6, 6.07) is 11.6. The van der Waals surface area contributed by atoms with E-state index in [1.807, 2.05) is 31.2 Å². The van der Waals surface area contributed by atoms with Gasteiger partial charge in [0.05, 0.1) is 36.1 Å². The summed E-state index contributed by atoms with van der Waals surface area (Å²) in [5.74, 6) is -0.376. The molecule has 2 amide bonds. The van der Waals surface area contributed by atoms with Gasteiger partial charge in [-0.25, -0.2) is 4.99 Å². The number of carbonyl (C=O) groups excluding carboxylic acids is 2.